The van der Waals surface area contributed by atoms with E-state index < -0.39 is 0 Å². The fourth-order valence-corrected chi connectivity index (χ4v) is 1.40. The largest absolute Gasteiger partial charge is 0.371 e. The first-order chi connectivity index (χ1) is 4.83. The number of allylic oxidation sites excluding steroid dienone is 1. The summed E-state index contributed by atoms with van der Waals surface area (Å²) < 4.78 is 5.64. The van der Waals surface area contributed by atoms with E-state index in [-0.39, 0.29) is 0 Å². The Morgan fingerprint density at radius 3 is 2.80 bits per heavy atom. The highest BCUT2D eigenvalue weighted by molar-refractivity contribution is 4.88. The molecule has 0 amide bonds. The molecule has 0 spiro atoms. The standard InChI is InChI=1S/C9H16O/c1-3-5-9-7-4-6-8(2)10-9/h3,5,8-9H,4,6-7H2,1-2H3/b5-3+/t8-,9-/m1/s1. The van der Waals surface area contributed by atoms with Gasteiger partial charge in [0.2, 0.25) is 0 Å². The third-order valence-electron chi connectivity index (χ3n) is 1.91. The molecule has 1 aliphatic rings. The molecular formula is C9H16O. The fourth-order valence-electron chi connectivity index (χ4n) is 1.40. The van der Waals surface area contributed by atoms with Crippen molar-refractivity contribution in [1.29, 1.82) is 0 Å². The molecule has 1 rings (SSSR count). The van der Waals surface area contributed by atoms with Crippen LogP contribution in [0.4, 0.5) is 0 Å². The quantitative estimate of drug-likeness (QED) is 0.508. The zero-order valence-corrected chi connectivity index (χ0v) is 6.84. The van der Waals surface area contributed by atoms with Crippen molar-refractivity contribution in [2.24, 2.45) is 0 Å². The summed E-state index contributed by atoms with van der Waals surface area (Å²) in [6.07, 6.45) is 8.83. The monoisotopic (exact) mass is 140 g/mol. The van der Waals surface area contributed by atoms with Gasteiger partial charge in [-0.25, -0.2) is 0 Å². The van der Waals surface area contributed by atoms with E-state index in [0.717, 1.165) is 0 Å². The van der Waals surface area contributed by atoms with Gasteiger partial charge in [-0.3, -0.25) is 0 Å². The van der Waals surface area contributed by atoms with Crippen LogP contribution >= 0.6 is 0 Å². The molecule has 58 valence electrons. The third kappa shape index (κ3) is 2.14. The molecule has 10 heavy (non-hydrogen) atoms. The number of ether oxygens (including phenoxy) is 1. The molecule has 0 aliphatic carbocycles. The Kier molecular flexibility index (Phi) is 2.94. The van der Waals surface area contributed by atoms with Gasteiger partial charge in [-0.05, 0) is 33.1 Å². The summed E-state index contributed by atoms with van der Waals surface area (Å²) in [5.74, 6) is 0. The van der Waals surface area contributed by atoms with E-state index in [4.69, 9.17) is 4.74 Å². The van der Waals surface area contributed by atoms with E-state index in [1.54, 1.807) is 0 Å². The minimum Gasteiger partial charge on any atom is -0.371 e. The summed E-state index contributed by atoms with van der Waals surface area (Å²) in [6.45, 7) is 4.19. The van der Waals surface area contributed by atoms with Gasteiger partial charge in [0.25, 0.3) is 0 Å². The van der Waals surface area contributed by atoms with Crippen molar-refractivity contribution in [3.8, 4) is 0 Å². The van der Waals surface area contributed by atoms with E-state index in [2.05, 4.69) is 19.1 Å². The lowest BCUT2D eigenvalue weighted by Gasteiger charge is -2.25. The molecule has 1 heteroatoms. The molecule has 1 saturated heterocycles. The average molecular weight is 140 g/mol. The molecule has 2 atom stereocenters. The predicted molar refractivity (Wildman–Crippen MR) is 43.0 cm³/mol. The predicted octanol–water partition coefficient (Wildman–Crippen LogP) is 2.52. The molecule has 0 bridgehead atoms. The molecule has 0 unspecified atom stereocenters. The first-order valence-corrected chi connectivity index (χ1v) is 4.11. The Morgan fingerprint density at radius 2 is 2.20 bits per heavy atom. The topological polar surface area (TPSA) is 9.23 Å². The van der Waals surface area contributed by atoms with Gasteiger partial charge < -0.3 is 4.74 Å². The zero-order valence-electron chi connectivity index (χ0n) is 6.84. The van der Waals surface area contributed by atoms with Crippen molar-refractivity contribution in [2.45, 2.75) is 45.3 Å². The first-order valence-electron chi connectivity index (χ1n) is 4.11. The second-order valence-corrected chi connectivity index (χ2v) is 2.94. The van der Waals surface area contributed by atoms with Gasteiger partial charge in [0, 0.05) is 0 Å². The Hall–Kier alpha value is -0.300. The number of rotatable bonds is 1. The molecule has 0 saturated carbocycles. The van der Waals surface area contributed by atoms with Crippen LogP contribution in [0.3, 0.4) is 0 Å². The number of hydrogen-bond acceptors (Lipinski definition) is 1. The zero-order chi connectivity index (χ0) is 7.40. The van der Waals surface area contributed by atoms with Crippen molar-refractivity contribution < 1.29 is 4.74 Å². The highest BCUT2D eigenvalue weighted by Gasteiger charge is 2.15. The molecule has 1 fully saturated rings. The molecule has 1 heterocycles. The van der Waals surface area contributed by atoms with Gasteiger partial charge in [-0.1, -0.05) is 12.2 Å². The van der Waals surface area contributed by atoms with Crippen molar-refractivity contribution >= 4 is 0 Å². The molecule has 0 radical (unpaired) electrons. The summed E-state index contributed by atoms with van der Waals surface area (Å²) in [6, 6.07) is 0. The van der Waals surface area contributed by atoms with Gasteiger partial charge >= 0.3 is 0 Å². The first kappa shape index (κ1) is 7.80. The molecule has 0 N–H and O–H groups in total. The maximum atomic E-state index is 5.64. The Bertz CT molecular complexity index is 118. The molecule has 0 aromatic heterocycles. The van der Waals surface area contributed by atoms with Crippen molar-refractivity contribution in [3.63, 3.8) is 0 Å². The van der Waals surface area contributed by atoms with Crippen LogP contribution < -0.4 is 0 Å². The fraction of sp³-hybridized carbons (Fsp3) is 0.778. The summed E-state index contributed by atoms with van der Waals surface area (Å²) in [5.41, 5.74) is 0. The average Bonchev–Trinajstić information content (AvgIpc) is 1.88. The van der Waals surface area contributed by atoms with Crippen molar-refractivity contribution in [3.05, 3.63) is 12.2 Å². The molecule has 1 nitrogen and oxygen atoms in total. The minimum atomic E-state index is 0.397. The third-order valence-corrected chi connectivity index (χ3v) is 1.91. The van der Waals surface area contributed by atoms with E-state index >= 15 is 0 Å². The summed E-state index contributed by atoms with van der Waals surface area (Å²) in [7, 11) is 0. The Morgan fingerprint density at radius 1 is 1.40 bits per heavy atom. The maximum Gasteiger partial charge on any atom is 0.0759 e. The summed E-state index contributed by atoms with van der Waals surface area (Å²) in [5, 5.41) is 0. The van der Waals surface area contributed by atoms with E-state index in [1.165, 1.54) is 19.3 Å². The van der Waals surface area contributed by atoms with Gasteiger partial charge in [-0.15, -0.1) is 0 Å². The number of hydrogen-bond donors (Lipinski definition) is 0. The SMILES string of the molecule is C/C=C/[C@@H]1CCC[C@@H](C)O1. The molecular weight excluding hydrogens is 124 g/mol. The lowest BCUT2D eigenvalue weighted by molar-refractivity contribution is -0.0141. The molecule has 0 aromatic carbocycles. The second kappa shape index (κ2) is 3.77. The van der Waals surface area contributed by atoms with Crippen molar-refractivity contribution in [1.82, 2.24) is 0 Å². The lowest BCUT2D eigenvalue weighted by atomic mass is 10.0. The van der Waals surface area contributed by atoms with Gasteiger partial charge in [-0.2, -0.15) is 0 Å². The minimum absolute atomic E-state index is 0.397. The van der Waals surface area contributed by atoms with Gasteiger partial charge in [0.15, 0.2) is 0 Å². The molecule has 1 aliphatic heterocycles. The lowest BCUT2D eigenvalue weighted by Crippen LogP contribution is -2.23. The van der Waals surface area contributed by atoms with E-state index in [1.807, 2.05) is 6.92 Å². The normalized spacial score (nSPS) is 35.0. The van der Waals surface area contributed by atoms with Crippen LogP contribution in [-0.2, 0) is 4.74 Å². The van der Waals surface area contributed by atoms with E-state index in [9.17, 15) is 0 Å². The van der Waals surface area contributed by atoms with Gasteiger partial charge in [0.05, 0.1) is 12.2 Å². The summed E-state index contributed by atoms with van der Waals surface area (Å²) >= 11 is 0. The maximum absolute atomic E-state index is 5.64. The molecule has 0 aromatic rings. The van der Waals surface area contributed by atoms with Crippen LogP contribution in [-0.4, -0.2) is 12.2 Å². The Labute approximate surface area is 63.1 Å². The smallest absolute Gasteiger partial charge is 0.0759 e. The Balaban J connectivity index is 2.32. The van der Waals surface area contributed by atoms with E-state index in [0.29, 0.717) is 12.2 Å². The second-order valence-electron chi connectivity index (χ2n) is 2.94. The highest BCUT2D eigenvalue weighted by atomic mass is 16.5. The van der Waals surface area contributed by atoms with Crippen LogP contribution in [0.2, 0.25) is 0 Å². The van der Waals surface area contributed by atoms with Crippen LogP contribution in [0.5, 0.6) is 0 Å². The van der Waals surface area contributed by atoms with Crippen LogP contribution in [0.1, 0.15) is 33.1 Å². The summed E-state index contributed by atoms with van der Waals surface area (Å²) in [4.78, 5) is 0. The van der Waals surface area contributed by atoms with Crippen LogP contribution in [0, 0.1) is 0 Å². The van der Waals surface area contributed by atoms with Crippen LogP contribution in [0.15, 0.2) is 12.2 Å². The van der Waals surface area contributed by atoms with Gasteiger partial charge in [0.1, 0.15) is 0 Å². The van der Waals surface area contributed by atoms with Crippen LogP contribution in [0.25, 0.3) is 0 Å². The highest BCUT2D eigenvalue weighted by Crippen LogP contribution is 2.18. The van der Waals surface area contributed by atoms with Crippen molar-refractivity contribution in [2.75, 3.05) is 0 Å².